The Morgan fingerprint density at radius 2 is 1.52 bits per heavy atom. The topological polar surface area (TPSA) is 63.8 Å². The van der Waals surface area contributed by atoms with Crippen LogP contribution in [0.3, 0.4) is 0 Å². The number of nitrogens with one attached hydrogen (secondary N) is 1. The second kappa shape index (κ2) is 9.60. The Bertz CT molecular complexity index is 1230. The molecular weight excluding hydrogens is 449 g/mol. The molecule has 33 heavy (non-hydrogen) atoms. The Balaban J connectivity index is 1.43. The fraction of sp³-hybridized carbons (Fsp3) is 0.120. The molecule has 3 aromatic carbocycles. The Labute approximate surface area is 194 Å². The van der Waals surface area contributed by atoms with E-state index in [4.69, 9.17) is 17.3 Å². The van der Waals surface area contributed by atoms with E-state index in [0.717, 1.165) is 22.8 Å². The van der Waals surface area contributed by atoms with E-state index in [1.54, 1.807) is 6.07 Å². The van der Waals surface area contributed by atoms with Gasteiger partial charge in [0.05, 0.1) is 16.3 Å². The number of nitrogens with two attached hydrogens (primary N) is 1. The molecule has 4 rings (SSSR count). The van der Waals surface area contributed by atoms with Crippen molar-refractivity contribution in [2.45, 2.75) is 12.2 Å². The number of anilines is 1. The van der Waals surface area contributed by atoms with E-state index in [2.05, 4.69) is 15.3 Å². The largest absolute Gasteiger partial charge is 0.417 e. The molecule has 0 bridgehead atoms. The number of alkyl halides is 3. The summed E-state index contributed by atoms with van der Waals surface area (Å²) in [6.45, 7) is 0.412. The molecule has 0 amide bonds. The molecule has 0 aliphatic carbocycles. The van der Waals surface area contributed by atoms with E-state index >= 15 is 0 Å². The molecule has 0 saturated heterocycles. The van der Waals surface area contributed by atoms with Gasteiger partial charge in [0.15, 0.2) is 0 Å². The molecular formula is C25H20ClF3N4. The van der Waals surface area contributed by atoms with Crippen LogP contribution in [0.1, 0.15) is 17.2 Å². The van der Waals surface area contributed by atoms with Crippen LogP contribution in [-0.2, 0) is 6.18 Å². The normalized spacial score (nSPS) is 12.4. The third-order valence-electron chi connectivity index (χ3n) is 5.19. The molecule has 8 heteroatoms. The highest BCUT2D eigenvalue weighted by atomic mass is 35.5. The summed E-state index contributed by atoms with van der Waals surface area (Å²) in [6.07, 6.45) is -3.17. The monoisotopic (exact) mass is 468 g/mol. The Morgan fingerprint density at radius 3 is 2.18 bits per heavy atom. The quantitative estimate of drug-likeness (QED) is 0.335. The molecule has 4 nitrogen and oxygen atoms in total. The first-order chi connectivity index (χ1) is 15.8. The van der Waals surface area contributed by atoms with Crippen LogP contribution in [0.15, 0.2) is 85.2 Å². The maximum Gasteiger partial charge on any atom is 0.417 e. The Hall–Kier alpha value is -3.42. The van der Waals surface area contributed by atoms with E-state index in [-0.39, 0.29) is 11.1 Å². The first kappa shape index (κ1) is 22.8. The summed E-state index contributed by atoms with van der Waals surface area (Å²) >= 11 is 5.83. The van der Waals surface area contributed by atoms with Gasteiger partial charge in [-0.2, -0.15) is 13.2 Å². The summed E-state index contributed by atoms with van der Waals surface area (Å²) in [4.78, 5) is 8.32. The SMILES string of the molecule is NC(CNc1cc(-c2ccc(C(F)(F)F)c(Cl)c2)ncn1)c1ccc(-c2ccccc2)cc1. The number of halogens is 4. The predicted molar refractivity (Wildman–Crippen MR) is 125 cm³/mol. The zero-order valence-electron chi connectivity index (χ0n) is 17.4. The van der Waals surface area contributed by atoms with Gasteiger partial charge in [-0.15, -0.1) is 0 Å². The highest BCUT2D eigenvalue weighted by Crippen LogP contribution is 2.36. The average Bonchev–Trinajstić information content (AvgIpc) is 2.82. The standard InChI is InChI=1S/C25H20ClF3N4/c26-21-12-19(10-11-20(21)25(27,28)29)23-13-24(33-15-32-23)31-14-22(30)18-8-6-17(7-9-18)16-4-2-1-3-5-16/h1-13,15,22H,14,30H2,(H,31,32,33). The third kappa shape index (κ3) is 5.50. The van der Waals surface area contributed by atoms with Gasteiger partial charge < -0.3 is 11.1 Å². The van der Waals surface area contributed by atoms with E-state index < -0.39 is 11.7 Å². The number of aromatic nitrogens is 2. The van der Waals surface area contributed by atoms with E-state index in [1.165, 1.54) is 18.5 Å². The van der Waals surface area contributed by atoms with Gasteiger partial charge in [-0.05, 0) is 28.8 Å². The summed E-state index contributed by atoms with van der Waals surface area (Å²) < 4.78 is 38.8. The first-order valence-corrected chi connectivity index (χ1v) is 10.5. The minimum Gasteiger partial charge on any atom is -0.368 e. The van der Waals surface area contributed by atoms with Gasteiger partial charge in [-0.1, -0.05) is 72.3 Å². The predicted octanol–water partition coefficient (Wildman–Crippen LogP) is 6.59. The molecule has 0 aliphatic rings. The molecule has 1 unspecified atom stereocenters. The van der Waals surface area contributed by atoms with Crippen LogP contribution >= 0.6 is 11.6 Å². The molecule has 0 radical (unpaired) electrons. The number of hydrogen-bond donors (Lipinski definition) is 2. The van der Waals surface area contributed by atoms with Gasteiger partial charge in [-0.25, -0.2) is 9.97 Å². The zero-order valence-corrected chi connectivity index (χ0v) is 18.1. The van der Waals surface area contributed by atoms with Crippen molar-refractivity contribution in [2.75, 3.05) is 11.9 Å². The molecule has 1 atom stereocenters. The van der Waals surface area contributed by atoms with E-state index in [9.17, 15) is 13.2 Å². The minimum absolute atomic E-state index is 0.284. The van der Waals surface area contributed by atoms with Crippen molar-refractivity contribution >= 4 is 17.4 Å². The van der Waals surface area contributed by atoms with Crippen molar-refractivity contribution in [1.82, 2.24) is 9.97 Å². The molecule has 0 fully saturated rings. The first-order valence-electron chi connectivity index (χ1n) is 10.2. The maximum absolute atomic E-state index is 12.9. The fourth-order valence-electron chi connectivity index (χ4n) is 3.40. The average molecular weight is 469 g/mol. The zero-order chi connectivity index (χ0) is 23.4. The van der Waals surface area contributed by atoms with Crippen LogP contribution in [-0.4, -0.2) is 16.5 Å². The molecule has 168 valence electrons. The summed E-state index contributed by atoms with van der Waals surface area (Å²) in [5.41, 5.74) is 9.55. The number of hydrogen-bond acceptors (Lipinski definition) is 4. The number of rotatable bonds is 6. The number of benzene rings is 3. The molecule has 0 saturated carbocycles. The van der Waals surface area contributed by atoms with Gasteiger partial charge in [0, 0.05) is 24.2 Å². The van der Waals surface area contributed by atoms with Gasteiger partial charge >= 0.3 is 6.18 Å². The molecule has 0 aliphatic heterocycles. The second-order valence-electron chi connectivity index (χ2n) is 7.46. The maximum atomic E-state index is 12.9. The van der Waals surface area contributed by atoms with Crippen molar-refractivity contribution in [3.05, 3.63) is 101 Å². The van der Waals surface area contributed by atoms with E-state index in [0.29, 0.717) is 23.6 Å². The molecule has 4 aromatic rings. The van der Waals surface area contributed by atoms with Crippen molar-refractivity contribution in [1.29, 1.82) is 0 Å². The van der Waals surface area contributed by atoms with Crippen LogP contribution in [0.5, 0.6) is 0 Å². The highest BCUT2D eigenvalue weighted by Gasteiger charge is 2.33. The fourth-order valence-corrected chi connectivity index (χ4v) is 3.69. The molecule has 0 spiro atoms. The van der Waals surface area contributed by atoms with Crippen LogP contribution < -0.4 is 11.1 Å². The van der Waals surface area contributed by atoms with E-state index in [1.807, 2.05) is 54.6 Å². The van der Waals surface area contributed by atoms with Crippen LogP contribution in [0, 0.1) is 0 Å². The van der Waals surface area contributed by atoms with Crippen molar-refractivity contribution in [3.63, 3.8) is 0 Å². The Kier molecular flexibility index (Phi) is 6.62. The summed E-state index contributed by atoms with van der Waals surface area (Å²) in [5, 5.41) is 2.78. The van der Waals surface area contributed by atoms with Crippen LogP contribution in [0.25, 0.3) is 22.4 Å². The van der Waals surface area contributed by atoms with Gasteiger partial charge in [-0.3, -0.25) is 0 Å². The van der Waals surface area contributed by atoms with Crippen LogP contribution in [0.4, 0.5) is 19.0 Å². The third-order valence-corrected chi connectivity index (χ3v) is 5.50. The Morgan fingerprint density at radius 1 is 0.848 bits per heavy atom. The number of nitrogens with zero attached hydrogens (tertiary/aromatic N) is 2. The molecule has 1 heterocycles. The summed E-state index contributed by atoms with van der Waals surface area (Å²) in [5.74, 6) is 0.507. The minimum atomic E-state index is -4.51. The van der Waals surface area contributed by atoms with Crippen molar-refractivity contribution in [2.24, 2.45) is 5.73 Å². The highest BCUT2D eigenvalue weighted by molar-refractivity contribution is 6.31. The lowest BCUT2D eigenvalue weighted by molar-refractivity contribution is -0.137. The molecule has 3 N–H and O–H groups in total. The smallest absolute Gasteiger partial charge is 0.368 e. The lowest BCUT2D eigenvalue weighted by Crippen LogP contribution is -2.21. The van der Waals surface area contributed by atoms with Gasteiger partial charge in [0.1, 0.15) is 12.1 Å². The lowest BCUT2D eigenvalue weighted by Gasteiger charge is -2.15. The second-order valence-corrected chi connectivity index (χ2v) is 7.86. The summed E-state index contributed by atoms with van der Waals surface area (Å²) in [7, 11) is 0. The molecule has 1 aromatic heterocycles. The summed E-state index contributed by atoms with van der Waals surface area (Å²) in [6, 6.07) is 23.0. The van der Waals surface area contributed by atoms with Crippen molar-refractivity contribution < 1.29 is 13.2 Å². The lowest BCUT2D eigenvalue weighted by atomic mass is 10.0. The van der Waals surface area contributed by atoms with Gasteiger partial charge in [0.2, 0.25) is 0 Å². The van der Waals surface area contributed by atoms with Gasteiger partial charge in [0.25, 0.3) is 0 Å². The van der Waals surface area contributed by atoms with Crippen LogP contribution in [0.2, 0.25) is 5.02 Å². The van der Waals surface area contributed by atoms with Crippen molar-refractivity contribution in [3.8, 4) is 22.4 Å².